The lowest BCUT2D eigenvalue weighted by Crippen LogP contribution is -1.99. The Morgan fingerprint density at radius 2 is 1.54 bits per heavy atom. The predicted octanol–water partition coefficient (Wildman–Crippen LogP) is 2.74. The second-order valence-corrected chi connectivity index (χ2v) is 1.86. The van der Waals surface area contributed by atoms with Crippen molar-refractivity contribution in [3.05, 3.63) is 35.9 Å². The highest BCUT2D eigenvalue weighted by Crippen LogP contribution is 1.98. The summed E-state index contributed by atoms with van der Waals surface area (Å²) in [4.78, 5) is 10.8. The second kappa shape index (κ2) is 9.65. The fourth-order valence-electron chi connectivity index (χ4n) is 0.692. The van der Waals surface area contributed by atoms with Crippen LogP contribution in [0.1, 0.15) is 10.4 Å². The molecule has 0 aromatic heterocycles. The van der Waals surface area contributed by atoms with Gasteiger partial charge in [-0.15, -0.1) is 37.2 Å². The summed E-state index contributed by atoms with van der Waals surface area (Å²) in [6.45, 7) is 0. The molecule has 0 heterocycles. The summed E-state index contributed by atoms with van der Waals surface area (Å²) in [7, 11) is 1.37. The maximum absolute atomic E-state index is 10.8. The van der Waals surface area contributed by atoms with E-state index < -0.39 is 0 Å². The highest BCUT2D eigenvalue weighted by atomic mass is 35.5. The maximum Gasteiger partial charge on any atom is 0.337 e. The Morgan fingerprint density at radius 1 is 1.08 bits per heavy atom. The molecule has 1 rings (SSSR count). The van der Waals surface area contributed by atoms with Crippen LogP contribution in [0.25, 0.3) is 0 Å². The monoisotopic (exact) mass is 244 g/mol. The van der Waals surface area contributed by atoms with Gasteiger partial charge in [0.05, 0.1) is 12.7 Å². The van der Waals surface area contributed by atoms with E-state index in [0.717, 1.165) is 0 Å². The zero-order valence-electron chi connectivity index (χ0n) is 6.93. The van der Waals surface area contributed by atoms with Gasteiger partial charge >= 0.3 is 5.97 Å². The van der Waals surface area contributed by atoms with E-state index in [-0.39, 0.29) is 43.2 Å². The molecule has 0 saturated heterocycles. The number of rotatable bonds is 1. The van der Waals surface area contributed by atoms with Crippen molar-refractivity contribution in [2.24, 2.45) is 0 Å². The van der Waals surface area contributed by atoms with Gasteiger partial charge in [-0.1, -0.05) is 18.2 Å². The van der Waals surface area contributed by atoms with Gasteiger partial charge in [0, 0.05) is 0 Å². The predicted molar refractivity (Wildman–Crippen MR) is 59.5 cm³/mol. The van der Waals surface area contributed by atoms with Gasteiger partial charge in [0.25, 0.3) is 0 Å². The third kappa shape index (κ3) is 5.75. The smallest absolute Gasteiger partial charge is 0.337 e. The molecular weight excluding hydrogens is 234 g/mol. The number of methoxy groups -OCH3 is 1. The number of benzene rings is 1. The normalized spacial score (nSPS) is 6.85. The zero-order valence-corrected chi connectivity index (χ0v) is 9.38. The van der Waals surface area contributed by atoms with Crippen LogP contribution < -0.4 is 0 Å². The first-order valence-electron chi connectivity index (χ1n) is 2.98. The van der Waals surface area contributed by atoms with E-state index in [2.05, 4.69) is 4.74 Å². The van der Waals surface area contributed by atoms with Gasteiger partial charge in [-0.3, -0.25) is 0 Å². The molecule has 0 radical (unpaired) electrons. The molecule has 76 valence electrons. The number of carbonyl (C=O) groups is 1. The third-order valence-corrected chi connectivity index (χ3v) is 1.19. The van der Waals surface area contributed by atoms with Gasteiger partial charge in [0.15, 0.2) is 0 Å². The van der Waals surface area contributed by atoms with E-state index >= 15 is 0 Å². The Hall–Kier alpha value is -0.440. The Kier molecular flexibility index (Phi) is 13.6. The van der Waals surface area contributed by atoms with E-state index in [4.69, 9.17) is 0 Å². The highest BCUT2D eigenvalue weighted by molar-refractivity contribution is 5.89. The quantitative estimate of drug-likeness (QED) is 0.711. The van der Waals surface area contributed by atoms with Crippen LogP contribution in [0, 0.1) is 0 Å². The van der Waals surface area contributed by atoms with Crippen LogP contribution in [0.2, 0.25) is 0 Å². The van der Waals surface area contributed by atoms with E-state index in [1.807, 2.05) is 6.07 Å². The van der Waals surface area contributed by atoms with Crippen molar-refractivity contribution >= 4 is 43.2 Å². The van der Waals surface area contributed by atoms with E-state index in [0.29, 0.717) is 5.56 Å². The Balaban J connectivity index is -0.000000333. The summed E-state index contributed by atoms with van der Waals surface area (Å²) in [5.74, 6) is -0.291. The van der Waals surface area contributed by atoms with Gasteiger partial charge in [0.1, 0.15) is 0 Å². The van der Waals surface area contributed by atoms with Crippen molar-refractivity contribution < 1.29 is 9.53 Å². The lowest BCUT2D eigenvalue weighted by Gasteiger charge is -1.95. The fraction of sp³-hybridized carbons (Fsp3) is 0.125. The average molecular weight is 246 g/mol. The van der Waals surface area contributed by atoms with Crippen LogP contribution in [-0.4, -0.2) is 13.1 Å². The van der Waals surface area contributed by atoms with Gasteiger partial charge < -0.3 is 4.74 Å². The van der Waals surface area contributed by atoms with E-state index in [1.54, 1.807) is 24.3 Å². The number of esters is 1. The fourth-order valence-corrected chi connectivity index (χ4v) is 0.692. The highest BCUT2D eigenvalue weighted by Gasteiger charge is 2.00. The molecule has 1 aromatic carbocycles. The molecule has 0 aliphatic heterocycles. The summed E-state index contributed by atoms with van der Waals surface area (Å²) >= 11 is 0. The Labute approximate surface area is 95.9 Å². The van der Waals surface area contributed by atoms with Crippen LogP contribution in [0.3, 0.4) is 0 Å². The lowest BCUT2D eigenvalue weighted by molar-refractivity contribution is 0.0601. The van der Waals surface area contributed by atoms with E-state index in [9.17, 15) is 4.79 Å². The second-order valence-electron chi connectivity index (χ2n) is 1.86. The summed E-state index contributed by atoms with van der Waals surface area (Å²) < 4.78 is 4.50. The third-order valence-electron chi connectivity index (χ3n) is 1.19. The molecule has 1 aromatic rings. The minimum Gasteiger partial charge on any atom is -0.465 e. The average Bonchev–Trinajstić information content (AvgIpc) is 2.05. The van der Waals surface area contributed by atoms with Gasteiger partial charge in [-0.25, -0.2) is 4.79 Å². The Bertz CT molecular complexity index is 226. The molecule has 5 heteroatoms. The number of halogens is 3. The molecule has 0 aliphatic carbocycles. The van der Waals surface area contributed by atoms with Crippen LogP contribution >= 0.6 is 37.2 Å². The first-order chi connectivity index (χ1) is 4.84. The molecule has 0 bridgehead atoms. The van der Waals surface area contributed by atoms with Crippen LogP contribution in [0.4, 0.5) is 0 Å². The maximum atomic E-state index is 10.8. The SMILES string of the molecule is COC(=O)c1ccccc1.Cl.Cl.Cl. The molecule has 0 amide bonds. The van der Waals surface area contributed by atoms with Crippen LogP contribution in [0.5, 0.6) is 0 Å². The standard InChI is InChI=1S/C8H8O2.3ClH/c1-10-8(9)7-5-3-2-4-6-7;;;/h2-6H,1H3;3*1H. The molecule has 13 heavy (non-hydrogen) atoms. The van der Waals surface area contributed by atoms with Crippen molar-refractivity contribution in [1.82, 2.24) is 0 Å². The molecule has 0 fully saturated rings. The summed E-state index contributed by atoms with van der Waals surface area (Å²) in [6.07, 6.45) is 0. The van der Waals surface area contributed by atoms with Gasteiger partial charge in [-0.2, -0.15) is 0 Å². The van der Waals surface area contributed by atoms with Crippen LogP contribution in [-0.2, 0) is 4.74 Å². The van der Waals surface area contributed by atoms with Crippen molar-refractivity contribution in [2.75, 3.05) is 7.11 Å². The Morgan fingerprint density at radius 3 is 1.92 bits per heavy atom. The number of ether oxygens (including phenoxy) is 1. The van der Waals surface area contributed by atoms with Crippen molar-refractivity contribution in [3.63, 3.8) is 0 Å². The van der Waals surface area contributed by atoms with E-state index in [1.165, 1.54) is 7.11 Å². The first-order valence-corrected chi connectivity index (χ1v) is 2.98. The molecule has 0 N–H and O–H groups in total. The molecule has 0 saturated carbocycles. The molecule has 2 nitrogen and oxygen atoms in total. The number of hydrogen-bond donors (Lipinski definition) is 0. The molecule has 0 atom stereocenters. The molecule has 0 unspecified atom stereocenters. The minimum absolute atomic E-state index is 0. The van der Waals surface area contributed by atoms with Crippen molar-refractivity contribution in [3.8, 4) is 0 Å². The molecular formula is C8H11Cl3O2. The lowest BCUT2D eigenvalue weighted by atomic mass is 10.2. The molecule has 0 spiro atoms. The first kappa shape index (κ1) is 18.4. The van der Waals surface area contributed by atoms with Crippen molar-refractivity contribution in [2.45, 2.75) is 0 Å². The summed E-state index contributed by atoms with van der Waals surface area (Å²) in [6, 6.07) is 8.88. The number of carbonyl (C=O) groups excluding carboxylic acids is 1. The van der Waals surface area contributed by atoms with Gasteiger partial charge in [0.2, 0.25) is 0 Å². The largest absolute Gasteiger partial charge is 0.465 e. The topological polar surface area (TPSA) is 26.3 Å². The summed E-state index contributed by atoms with van der Waals surface area (Å²) in [5, 5.41) is 0. The molecule has 0 aliphatic rings. The minimum atomic E-state index is -0.291. The summed E-state index contributed by atoms with van der Waals surface area (Å²) in [5.41, 5.74) is 0.588. The zero-order chi connectivity index (χ0) is 7.40. The van der Waals surface area contributed by atoms with Crippen molar-refractivity contribution in [1.29, 1.82) is 0 Å². The number of hydrogen-bond acceptors (Lipinski definition) is 2. The van der Waals surface area contributed by atoms with Gasteiger partial charge in [-0.05, 0) is 12.1 Å². The van der Waals surface area contributed by atoms with Crippen LogP contribution in [0.15, 0.2) is 30.3 Å².